The van der Waals surface area contributed by atoms with Gasteiger partial charge in [-0.05, 0) is 35.7 Å². The molecule has 8 heteroatoms. The minimum absolute atomic E-state index is 0.00211. The van der Waals surface area contributed by atoms with Crippen molar-refractivity contribution >= 4 is 23.4 Å². The summed E-state index contributed by atoms with van der Waals surface area (Å²) in [7, 11) is 1.38. The van der Waals surface area contributed by atoms with Crippen LogP contribution in [0, 0.1) is 17.6 Å². The number of benzene rings is 2. The number of anilines is 1. The number of aryl methyl sites for hydroxylation is 1. The molecule has 3 rings (SSSR count). The van der Waals surface area contributed by atoms with Crippen LogP contribution in [0.25, 0.3) is 0 Å². The molecular formula is C22H23F2N3O3. The van der Waals surface area contributed by atoms with Crippen molar-refractivity contribution in [3.63, 3.8) is 0 Å². The lowest BCUT2D eigenvalue weighted by Crippen LogP contribution is -2.42. The molecule has 1 fully saturated rings. The smallest absolute Gasteiger partial charge is 0.246 e. The molecule has 2 N–H and O–H groups in total. The van der Waals surface area contributed by atoms with Crippen LogP contribution >= 0.6 is 0 Å². The number of hydrogen-bond acceptors (Lipinski definition) is 3. The molecular weight excluding hydrogens is 392 g/mol. The van der Waals surface area contributed by atoms with Crippen LogP contribution in [-0.2, 0) is 20.8 Å². The Hall–Kier alpha value is -3.29. The third-order valence-electron chi connectivity index (χ3n) is 5.23. The van der Waals surface area contributed by atoms with Crippen molar-refractivity contribution in [1.82, 2.24) is 10.6 Å². The Morgan fingerprint density at radius 2 is 1.90 bits per heavy atom. The maximum Gasteiger partial charge on any atom is 0.246 e. The van der Waals surface area contributed by atoms with Gasteiger partial charge in [-0.3, -0.25) is 14.4 Å². The number of rotatable bonds is 6. The Kier molecular flexibility index (Phi) is 6.44. The molecule has 2 aromatic rings. The summed E-state index contributed by atoms with van der Waals surface area (Å²) in [4.78, 5) is 39.3. The van der Waals surface area contributed by atoms with Gasteiger partial charge in [0.15, 0.2) is 11.6 Å². The van der Waals surface area contributed by atoms with Crippen LogP contribution in [0.2, 0.25) is 0 Å². The summed E-state index contributed by atoms with van der Waals surface area (Å²) in [5.74, 6) is -4.09. The lowest BCUT2D eigenvalue weighted by molar-refractivity contribution is -0.131. The van der Waals surface area contributed by atoms with E-state index in [1.807, 2.05) is 31.2 Å². The molecule has 2 aromatic carbocycles. The monoisotopic (exact) mass is 415 g/mol. The number of nitrogens with zero attached hydrogens (tertiary/aromatic N) is 1. The molecule has 30 heavy (non-hydrogen) atoms. The molecule has 158 valence electrons. The summed E-state index contributed by atoms with van der Waals surface area (Å²) in [6.45, 7) is 2.17. The largest absolute Gasteiger partial charge is 0.357 e. The highest BCUT2D eigenvalue weighted by Crippen LogP contribution is 2.29. The first-order chi connectivity index (χ1) is 14.3. The maximum absolute atomic E-state index is 13.6. The van der Waals surface area contributed by atoms with Crippen LogP contribution in [0.3, 0.4) is 0 Å². The summed E-state index contributed by atoms with van der Waals surface area (Å²) in [5, 5.41) is 4.98. The quantitative estimate of drug-likeness (QED) is 0.761. The standard InChI is InChI=1S/C22H23F2N3O3/c1-3-13-6-4-5-7-18(13)27-12-15(11-19(27)28)21(29)26-20(22(30)25-2)14-8-9-16(23)17(24)10-14/h4-10,15,20H,3,11-12H2,1-2H3,(H,25,30)(H,26,29). The van der Waals surface area contributed by atoms with Gasteiger partial charge in [-0.2, -0.15) is 0 Å². The van der Waals surface area contributed by atoms with Crippen molar-refractivity contribution in [3.05, 3.63) is 65.2 Å². The third kappa shape index (κ3) is 4.32. The molecule has 0 saturated carbocycles. The Labute approximate surface area is 173 Å². The second kappa shape index (κ2) is 9.02. The Morgan fingerprint density at radius 3 is 2.57 bits per heavy atom. The number of carbonyl (C=O) groups excluding carboxylic acids is 3. The van der Waals surface area contributed by atoms with Gasteiger partial charge in [0, 0.05) is 25.7 Å². The van der Waals surface area contributed by atoms with Gasteiger partial charge in [0.1, 0.15) is 6.04 Å². The molecule has 1 heterocycles. The second-order valence-corrected chi connectivity index (χ2v) is 7.12. The van der Waals surface area contributed by atoms with Gasteiger partial charge in [0.05, 0.1) is 5.92 Å². The predicted molar refractivity (Wildman–Crippen MR) is 108 cm³/mol. The van der Waals surface area contributed by atoms with E-state index in [9.17, 15) is 23.2 Å². The van der Waals surface area contributed by atoms with Crippen molar-refractivity contribution in [3.8, 4) is 0 Å². The van der Waals surface area contributed by atoms with Crippen LogP contribution in [0.4, 0.5) is 14.5 Å². The second-order valence-electron chi connectivity index (χ2n) is 7.12. The van der Waals surface area contributed by atoms with E-state index in [1.165, 1.54) is 13.1 Å². The Balaban J connectivity index is 1.79. The first-order valence-electron chi connectivity index (χ1n) is 9.70. The summed E-state index contributed by atoms with van der Waals surface area (Å²) < 4.78 is 26.9. The van der Waals surface area contributed by atoms with Crippen molar-refractivity contribution in [2.45, 2.75) is 25.8 Å². The van der Waals surface area contributed by atoms with Crippen molar-refractivity contribution < 1.29 is 23.2 Å². The van der Waals surface area contributed by atoms with Crippen LogP contribution in [0.15, 0.2) is 42.5 Å². The molecule has 1 aliphatic heterocycles. The molecule has 1 saturated heterocycles. The number of hydrogen-bond donors (Lipinski definition) is 2. The van der Waals surface area contributed by atoms with Crippen molar-refractivity contribution in [2.75, 3.05) is 18.5 Å². The fraction of sp³-hybridized carbons (Fsp3) is 0.318. The SMILES string of the molecule is CCc1ccccc1N1CC(C(=O)NC(C(=O)NC)c2ccc(F)c(F)c2)CC1=O. The molecule has 2 atom stereocenters. The molecule has 1 aliphatic rings. The molecule has 0 radical (unpaired) electrons. The van der Waals surface area contributed by atoms with Gasteiger partial charge in [-0.15, -0.1) is 0 Å². The van der Waals surface area contributed by atoms with E-state index in [0.29, 0.717) is 0 Å². The topological polar surface area (TPSA) is 78.5 Å². The Morgan fingerprint density at radius 1 is 1.17 bits per heavy atom. The molecule has 0 bridgehead atoms. The summed E-state index contributed by atoms with van der Waals surface area (Å²) in [5.41, 5.74) is 1.87. The summed E-state index contributed by atoms with van der Waals surface area (Å²) in [6.07, 6.45) is 0.744. The van der Waals surface area contributed by atoms with E-state index < -0.39 is 35.4 Å². The highest BCUT2D eigenvalue weighted by Gasteiger charge is 2.37. The first-order valence-corrected chi connectivity index (χ1v) is 9.70. The van der Waals surface area contributed by atoms with E-state index in [1.54, 1.807) is 4.90 Å². The van der Waals surface area contributed by atoms with Crippen LogP contribution < -0.4 is 15.5 Å². The van der Waals surface area contributed by atoms with Crippen LogP contribution in [0.1, 0.15) is 30.5 Å². The van der Waals surface area contributed by atoms with Gasteiger partial charge < -0.3 is 15.5 Å². The highest BCUT2D eigenvalue weighted by molar-refractivity contribution is 6.01. The van der Waals surface area contributed by atoms with E-state index in [-0.39, 0.29) is 24.4 Å². The fourth-order valence-electron chi connectivity index (χ4n) is 3.59. The van der Waals surface area contributed by atoms with Gasteiger partial charge >= 0.3 is 0 Å². The number of para-hydroxylation sites is 1. The Bertz CT molecular complexity index is 980. The average Bonchev–Trinajstić information content (AvgIpc) is 3.14. The van der Waals surface area contributed by atoms with Gasteiger partial charge in [-0.25, -0.2) is 8.78 Å². The van der Waals surface area contributed by atoms with E-state index in [2.05, 4.69) is 10.6 Å². The number of halogens is 2. The predicted octanol–water partition coefficient (Wildman–Crippen LogP) is 2.48. The maximum atomic E-state index is 13.6. The number of carbonyl (C=O) groups is 3. The van der Waals surface area contributed by atoms with Crippen LogP contribution in [0.5, 0.6) is 0 Å². The molecule has 0 spiro atoms. The third-order valence-corrected chi connectivity index (χ3v) is 5.23. The average molecular weight is 415 g/mol. The first kappa shape index (κ1) is 21.4. The van der Waals surface area contributed by atoms with E-state index >= 15 is 0 Å². The van der Waals surface area contributed by atoms with Gasteiger partial charge in [0.25, 0.3) is 0 Å². The molecule has 6 nitrogen and oxygen atoms in total. The zero-order chi connectivity index (χ0) is 21.8. The van der Waals surface area contributed by atoms with Crippen molar-refractivity contribution in [2.24, 2.45) is 5.92 Å². The minimum atomic E-state index is -1.20. The lowest BCUT2D eigenvalue weighted by atomic mass is 10.0. The molecule has 0 aromatic heterocycles. The highest BCUT2D eigenvalue weighted by atomic mass is 19.2. The molecule has 0 aliphatic carbocycles. The zero-order valence-electron chi connectivity index (χ0n) is 16.7. The normalized spacial score (nSPS) is 17.0. The van der Waals surface area contributed by atoms with Gasteiger partial charge in [-0.1, -0.05) is 31.2 Å². The van der Waals surface area contributed by atoms with Crippen molar-refractivity contribution in [1.29, 1.82) is 0 Å². The zero-order valence-corrected chi connectivity index (χ0v) is 16.7. The van der Waals surface area contributed by atoms with Gasteiger partial charge in [0.2, 0.25) is 17.7 Å². The number of amides is 3. The summed E-state index contributed by atoms with van der Waals surface area (Å²) >= 11 is 0. The fourth-order valence-corrected chi connectivity index (χ4v) is 3.59. The van der Waals surface area contributed by atoms with E-state index in [0.717, 1.165) is 29.8 Å². The van der Waals surface area contributed by atoms with E-state index in [4.69, 9.17) is 0 Å². The molecule has 3 amide bonds. The lowest BCUT2D eigenvalue weighted by Gasteiger charge is -2.21. The number of likely N-dealkylation sites (N-methyl/N-ethyl adjacent to an activating group) is 1. The summed E-state index contributed by atoms with van der Waals surface area (Å²) in [6, 6.07) is 9.30. The molecule has 2 unspecified atom stereocenters. The number of nitrogens with one attached hydrogen (secondary N) is 2. The minimum Gasteiger partial charge on any atom is -0.357 e. The van der Waals surface area contributed by atoms with Crippen LogP contribution in [-0.4, -0.2) is 31.3 Å².